The molecule has 5 aromatic rings. The third kappa shape index (κ3) is 6.25. The van der Waals surface area contributed by atoms with Gasteiger partial charge in [-0.2, -0.15) is 0 Å². The monoisotopic (exact) mass is 615 g/mol. The van der Waals surface area contributed by atoms with Crippen molar-refractivity contribution in [2.24, 2.45) is 0 Å². The van der Waals surface area contributed by atoms with Crippen molar-refractivity contribution < 1.29 is 19.1 Å². The Hall–Kier alpha value is -5.70. The fourth-order valence-electron chi connectivity index (χ4n) is 5.25. The third-order valence-electron chi connectivity index (χ3n) is 7.10. The summed E-state index contributed by atoms with van der Waals surface area (Å²) in [5.74, 6) is 1.48. The number of hydrogen-bond donors (Lipinski definition) is 3. The van der Waals surface area contributed by atoms with E-state index < -0.39 is 0 Å². The second-order valence-corrected chi connectivity index (χ2v) is 10.7. The molecule has 46 heavy (non-hydrogen) atoms. The molecule has 1 aromatic heterocycles. The Morgan fingerprint density at radius 2 is 1.54 bits per heavy atom. The Bertz CT molecular complexity index is 1950. The van der Waals surface area contributed by atoms with Crippen molar-refractivity contribution in [2.45, 2.75) is 40.7 Å². The van der Waals surface area contributed by atoms with E-state index >= 15 is 0 Å². The van der Waals surface area contributed by atoms with Crippen molar-refractivity contribution in [1.29, 1.82) is 0 Å². The van der Waals surface area contributed by atoms with Crippen molar-refractivity contribution in [2.75, 3.05) is 17.7 Å². The summed E-state index contributed by atoms with van der Waals surface area (Å²) in [7, 11) is 1.55. The SMILES string of the molecule is C=C(Nc1cc(OC(C)C)c2nc(-c3ccc(C)cc3NC(=O)NC)nc3c2c1C(=O)c1ccccc1-3)Oc1ccccc1.CC. The Kier molecular flexibility index (Phi) is 9.32. The zero-order valence-electron chi connectivity index (χ0n) is 26.8. The number of amides is 2. The van der Waals surface area contributed by atoms with Gasteiger partial charge in [0.25, 0.3) is 0 Å². The number of benzene rings is 4. The lowest BCUT2D eigenvalue weighted by Gasteiger charge is -2.25. The van der Waals surface area contributed by atoms with E-state index in [2.05, 4.69) is 22.5 Å². The molecule has 1 heterocycles. The Morgan fingerprint density at radius 1 is 0.848 bits per heavy atom. The molecule has 0 spiro atoms. The minimum absolute atomic E-state index is 0.183. The molecule has 0 bridgehead atoms. The molecule has 6 rings (SSSR count). The van der Waals surface area contributed by atoms with Crippen molar-refractivity contribution in [3.8, 4) is 34.1 Å². The molecule has 9 nitrogen and oxygen atoms in total. The van der Waals surface area contributed by atoms with Crippen molar-refractivity contribution in [1.82, 2.24) is 15.3 Å². The molecule has 0 saturated heterocycles. The van der Waals surface area contributed by atoms with Crippen molar-refractivity contribution >= 4 is 34.1 Å². The molecule has 3 N–H and O–H groups in total. The van der Waals surface area contributed by atoms with E-state index in [1.807, 2.05) is 101 Å². The van der Waals surface area contributed by atoms with Gasteiger partial charge in [-0.25, -0.2) is 14.8 Å². The largest absolute Gasteiger partial charge is 0.489 e. The first kappa shape index (κ1) is 31.7. The second kappa shape index (κ2) is 13.5. The van der Waals surface area contributed by atoms with Crippen LogP contribution in [-0.2, 0) is 0 Å². The molecule has 2 amide bonds. The van der Waals surface area contributed by atoms with Gasteiger partial charge in [-0.1, -0.05) is 62.4 Å². The van der Waals surface area contributed by atoms with E-state index in [1.54, 1.807) is 19.2 Å². The lowest BCUT2D eigenvalue weighted by molar-refractivity contribution is 0.104. The zero-order valence-corrected chi connectivity index (χ0v) is 26.8. The van der Waals surface area contributed by atoms with E-state index in [-0.39, 0.29) is 23.8 Å². The number of ether oxygens (including phenoxy) is 2. The Labute approximate surface area is 268 Å². The van der Waals surface area contributed by atoms with Crippen molar-refractivity contribution in [3.05, 3.63) is 108 Å². The fourth-order valence-corrected chi connectivity index (χ4v) is 5.25. The summed E-state index contributed by atoms with van der Waals surface area (Å²) in [6.07, 6.45) is -0.196. The quantitative estimate of drug-likeness (QED) is 0.147. The number of fused-ring (bicyclic) bond motifs is 2. The number of carbonyl (C=O) groups excluding carboxylic acids is 2. The van der Waals surface area contributed by atoms with Crippen LogP contribution in [0.3, 0.4) is 0 Å². The van der Waals surface area contributed by atoms with Gasteiger partial charge in [0.15, 0.2) is 17.5 Å². The van der Waals surface area contributed by atoms with E-state index in [1.165, 1.54) is 0 Å². The van der Waals surface area contributed by atoms with E-state index in [9.17, 15) is 9.59 Å². The normalized spacial score (nSPS) is 11.2. The zero-order chi connectivity index (χ0) is 33.0. The van der Waals surface area contributed by atoms with Crippen LogP contribution in [-0.4, -0.2) is 34.9 Å². The Morgan fingerprint density at radius 3 is 2.24 bits per heavy atom. The number of aryl methyl sites for hydroxylation is 1. The number of aromatic nitrogens is 2. The molecule has 1 aliphatic rings. The fraction of sp³-hybridized carbons (Fsp3) is 0.189. The molecule has 4 aromatic carbocycles. The molecule has 0 fully saturated rings. The first-order valence-corrected chi connectivity index (χ1v) is 15.2. The number of urea groups is 1. The first-order chi connectivity index (χ1) is 22.2. The third-order valence-corrected chi connectivity index (χ3v) is 7.10. The van der Waals surface area contributed by atoms with Crippen LogP contribution in [0, 0.1) is 6.92 Å². The summed E-state index contributed by atoms with van der Waals surface area (Å²) < 4.78 is 12.2. The number of carbonyl (C=O) groups is 2. The van der Waals surface area contributed by atoms with Gasteiger partial charge >= 0.3 is 6.03 Å². The molecule has 9 heteroatoms. The van der Waals surface area contributed by atoms with Crippen LogP contribution < -0.4 is 25.4 Å². The first-order valence-electron chi connectivity index (χ1n) is 15.2. The Balaban J connectivity index is 0.00000204. The topological polar surface area (TPSA) is 114 Å². The van der Waals surface area contributed by atoms with Crippen LogP contribution in [0.25, 0.3) is 33.5 Å². The number of anilines is 2. The lowest BCUT2D eigenvalue weighted by Crippen LogP contribution is -2.25. The number of hydrogen-bond acceptors (Lipinski definition) is 7. The van der Waals surface area contributed by atoms with Crippen LogP contribution in [0.4, 0.5) is 16.2 Å². The lowest BCUT2D eigenvalue weighted by atomic mass is 9.85. The van der Waals surface area contributed by atoms with Gasteiger partial charge in [-0.05, 0) is 57.2 Å². The summed E-state index contributed by atoms with van der Waals surface area (Å²) in [6.45, 7) is 13.8. The predicted octanol–water partition coefficient (Wildman–Crippen LogP) is 8.34. The maximum absolute atomic E-state index is 14.1. The van der Waals surface area contributed by atoms with Gasteiger partial charge in [0.05, 0.1) is 28.7 Å². The maximum Gasteiger partial charge on any atom is 0.318 e. The average molecular weight is 616 g/mol. The number of rotatable bonds is 8. The van der Waals surface area contributed by atoms with E-state index in [0.717, 1.165) is 5.56 Å². The van der Waals surface area contributed by atoms with Crippen LogP contribution in [0.15, 0.2) is 91.3 Å². The number of para-hydroxylation sites is 1. The minimum atomic E-state index is -0.366. The minimum Gasteiger partial charge on any atom is -0.489 e. The number of ketones is 1. The highest BCUT2D eigenvalue weighted by Crippen LogP contribution is 2.46. The van der Waals surface area contributed by atoms with Crippen LogP contribution >= 0.6 is 0 Å². The van der Waals surface area contributed by atoms with Crippen LogP contribution in [0.5, 0.6) is 11.5 Å². The summed E-state index contributed by atoms with van der Waals surface area (Å²) in [5, 5.41) is 9.23. The summed E-state index contributed by atoms with van der Waals surface area (Å²) >= 11 is 0. The van der Waals surface area contributed by atoms with E-state index in [4.69, 9.17) is 19.4 Å². The summed E-state index contributed by atoms with van der Waals surface area (Å²) in [5.41, 5.74) is 5.22. The highest BCUT2D eigenvalue weighted by atomic mass is 16.5. The highest BCUT2D eigenvalue weighted by Gasteiger charge is 2.32. The molecule has 0 radical (unpaired) electrons. The molecule has 0 saturated carbocycles. The molecular formula is C37H37N5O4. The summed E-state index contributed by atoms with van der Waals surface area (Å²) in [4.78, 5) is 36.5. The van der Waals surface area contributed by atoms with Gasteiger partial charge in [-0.15, -0.1) is 0 Å². The predicted molar refractivity (Wildman–Crippen MR) is 184 cm³/mol. The van der Waals surface area contributed by atoms with Gasteiger partial charge in [0, 0.05) is 35.2 Å². The van der Waals surface area contributed by atoms with E-state index in [0.29, 0.717) is 67.5 Å². The van der Waals surface area contributed by atoms with Crippen LogP contribution in [0.2, 0.25) is 0 Å². The molecular weight excluding hydrogens is 578 g/mol. The smallest absolute Gasteiger partial charge is 0.318 e. The summed E-state index contributed by atoms with van der Waals surface area (Å²) in [6, 6.07) is 23.7. The molecule has 0 atom stereocenters. The highest BCUT2D eigenvalue weighted by molar-refractivity contribution is 6.28. The molecule has 0 aliphatic heterocycles. The van der Waals surface area contributed by atoms with Gasteiger partial charge < -0.3 is 25.4 Å². The number of nitrogens with one attached hydrogen (secondary N) is 3. The van der Waals surface area contributed by atoms with Gasteiger partial charge in [-0.3, -0.25) is 4.79 Å². The van der Waals surface area contributed by atoms with Crippen molar-refractivity contribution in [3.63, 3.8) is 0 Å². The molecule has 234 valence electrons. The maximum atomic E-state index is 14.1. The second-order valence-electron chi connectivity index (χ2n) is 10.7. The van der Waals surface area contributed by atoms with Gasteiger partial charge in [0.2, 0.25) is 0 Å². The molecule has 1 aliphatic carbocycles. The standard InChI is InChI=1S/C35H31N5O4.C2H6/c1-19(2)43-28-18-27(37-21(4)44-22-11-7-6-8-12-22)29-30-31(23-13-9-10-14-24(23)33(29)41)39-34(40-32(28)30)25-16-15-20(3)17-26(25)38-35(42)36-5;1-2/h6-19,37H,4H2,1-3,5H3,(H2,36,38,42);1-2H3. The average Bonchev–Trinajstić information content (AvgIpc) is 3.05. The van der Waals surface area contributed by atoms with Crippen LogP contribution in [0.1, 0.15) is 49.2 Å². The molecule has 0 unspecified atom stereocenters. The van der Waals surface area contributed by atoms with Gasteiger partial charge in [0.1, 0.15) is 17.0 Å². The number of nitrogens with zero attached hydrogens (tertiary/aromatic N) is 2.